The average Bonchev–Trinajstić information content (AvgIpc) is 2.59. The lowest BCUT2D eigenvalue weighted by Gasteiger charge is -2.30. The van der Waals surface area contributed by atoms with Crippen LogP contribution in [0.4, 0.5) is 5.69 Å². The Bertz CT molecular complexity index is 534. The van der Waals surface area contributed by atoms with E-state index in [0.29, 0.717) is 18.0 Å². The van der Waals surface area contributed by atoms with Crippen LogP contribution in [0.15, 0.2) is 35.3 Å². The maximum Gasteiger partial charge on any atom is 0.246 e. The van der Waals surface area contributed by atoms with Crippen LogP contribution in [0.1, 0.15) is 41.0 Å². The molecule has 1 aromatic rings. The van der Waals surface area contributed by atoms with Gasteiger partial charge in [-0.3, -0.25) is 9.69 Å². The molecule has 0 unspecified atom stereocenters. The fourth-order valence-corrected chi connectivity index (χ4v) is 2.80. The Hall–Kier alpha value is -2.08. The Labute approximate surface area is 158 Å². The number of amides is 1. The van der Waals surface area contributed by atoms with Gasteiger partial charge >= 0.3 is 0 Å². The van der Waals surface area contributed by atoms with Gasteiger partial charge in [-0.05, 0) is 53.2 Å². The molecule has 146 valence electrons. The number of rotatable bonds is 10. The molecular weight excluding hydrogens is 326 g/mol. The zero-order valence-electron chi connectivity index (χ0n) is 16.9. The van der Waals surface area contributed by atoms with E-state index in [1.165, 1.54) is 0 Å². The second-order valence-electron chi connectivity index (χ2n) is 6.82. The number of aliphatic imine (C=N–C) groups is 1. The van der Waals surface area contributed by atoms with Gasteiger partial charge in [0.05, 0.1) is 0 Å². The molecule has 6 nitrogen and oxygen atoms in total. The number of anilines is 1. The highest BCUT2D eigenvalue weighted by atomic mass is 16.1. The van der Waals surface area contributed by atoms with E-state index in [1.54, 1.807) is 0 Å². The summed E-state index contributed by atoms with van der Waals surface area (Å²) in [4.78, 5) is 18.8. The molecule has 0 aliphatic heterocycles. The summed E-state index contributed by atoms with van der Waals surface area (Å²) in [6, 6.07) is 10.5. The SMILES string of the molecule is CCNC(=NCC(=O)Nc1ccccc1)NCCCN(C(C)C)C(C)C. The summed E-state index contributed by atoms with van der Waals surface area (Å²) in [5.74, 6) is 0.551. The van der Waals surface area contributed by atoms with Gasteiger partial charge in [-0.2, -0.15) is 0 Å². The Balaban J connectivity index is 2.42. The van der Waals surface area contributed by atoms with E-state index in [-0.39, 0.29) is 12.5 Å². The topological polar surface area (TPSA) is 68.8 Å². The summed E-state index contributed by atoms with van der Waals surface area (Å²) in [5, 5.41) is 9.32. The standard InChI is InChI=1S/C20H35N5O/c1-6-21-20(22-13-10-14-25(16(2)3)17(4)5)23-15-19(26)24-18-11-8-7-9-12-18/h7-9,11-12,16-17H,6,10,13-15H2,1-5H3,(H,24,26)(H2,21,22,23). The Morgan fingerprint density at radius 3 is 2.31 bits per heavy atom. The highest BCUT2D eigenvalue weighted by molar-refractivity contribution is 5.94. The third-order valence-electron chi connectivity index (χ3n) is 3.99. The maximum absolute atomic E-state index is 12.0. The van der Waals surface area contributed by atoms with Crippen molar-refractivity contribution in [1.82, 2.24) is 15.5 Å². The van der Waals surface area contributed by atoms with Crippen LogP contribution in [0.5, 0.6) is 0 Å². The lowest BCUT2D eigenvalue weighted by molar-refractivity contribution is -0.114. The average molecular weight is 362 g/mol. The number of hydrogen-bond donors (Lipinski definition) is 3. The first-order valence-electron chi connectivity index (χ1n) is 9.56. The van der Waals surface area contributed by atoms with Crippen molar-refractivity contribution in [3.8, 4) is 0 Å². The zero-order valence-corrected chi connectivity index (χ0v) is 16.9. The van der Waals surface area contributed by atoms with Gasteiger partial charge in [0.1, 0.15) is 6.54 Å². The number of guanidine groups is 1. The van der Waals surface area contributed by atoms with Crippen LogP contribution in [-0.2, 0) is 4.79 Å². The van der Waals surface area contributed by atoms with Crippen molar-refractivity contribution in [2.75, 3.05) is 31.5 Å². The lowest BCUT2D eigenvalue weighted by atomic mass is 10.2. The van der Waals surface area contributed by atoms with Crippen LogP contribution < -0.4 is 16.0 Å². The zero-order chi connectivity index (χ0) is 19.4. The molecule has 1 rings (SSSR count). The molecule has 0 atom stereocenters. The molecule has 0 bridgehead atoms. The number of carbonyl (C=O) groups excluding carboxylic acids is 1. The summed E-state index contributed by atoms with van der Waals surface area (Å²) in [7, 11) is 0. The molecule has 0 saturated carbocycles. The van der Waals surface area contributed by atoms with Crippen molar-refractivity contribution in [3.05, 3.63) is 30.3 Å². The van der Waals surface area contributed by atoms with Crippen LogP contribution in [-0.4, -0.2) is 55.0 Å². The highest BCUT2D eigenvalue weighted by Gasteiger charge is 2.12. The number of benzene rings is 1. The third kappa shape index (κ3) is 8.85. The minimum atomic E-state index is -0.126. The Morgan fingerprint density at radius 1 is 1.08 bits per heavy atom. The van der Waals surface area contributed by atoms with Crippen LogP contribution in [0, 0.1) is 0 Å². The second kappa shape index (κ2) is 12.3. The minimum Gasteiger partial charge on any atom is -0.357 e. The third-order valence-corrected chi connectivity index (χ3v) is 3.99. The van der Waals surface area contributed by atoms with E-state index in [1.807, 2.05) is 37.3 Å². The van der Waals surface area contributed by atoms with Crippen molar-refractivity contribution < 1.29 is 4.79 Å². The van der Waals surface area contributed by atoms with Crippen molar-refractivity contribution >= 4 is 17.6 Å². The normalized spacial score (nSPS) is 11.9. The minimum absolute atomic E-state index is 0.0916. The summed E-state index contributed by atoms with van der Waals surface area (Å²) in [6.45, 7) is 13.6. The van der Waals surface area contributed by atoms with Crippen LogP contribution in [0.3, 0.4) is 0 Å². The fraction of sp³-hybridized carbons (Fsp3) is 0.600. The maximum atomic E-state index is 12.0. The van der Waals surface area contributed by atoms with Crippen LogP contribution in [0.25, 0.3) is 0 Å². The van der Waals surface area contributed by atoms with Gasteiger partial charge in [-0.15, -0.1) is 0 Å². The molecule has 0 aromatic heterocycles. The molecule has 0 radical (unpaired) electrons. The van der Waals surface area contributed by atoms with Crippen molar-refractivity contribution in [3.63, 3.8) is 0 Å². The molecule has 0 heterocycles. The molecule has 0 fully saturated rings. The molecule has 1 aromatic carbocycles. The van der Waals surface area contributed by atoms with Crippen molar-refractivity contribution in [2.45, 2.75) is 53.1 Å². The van der Waals surface area contributed by atoms with Gasteiger partial charge in [0.25, 0.3) is 0 Å². The van der Waals surface area contributed by atoms with E-state index < -0.39 is 0 Å². The monoisotopic (exact) mass is 361 g/mol. The number of para-hydroxylation sites is 1. The summed E-state index contributed by atoms with van der Waals surface area (Å²) in [5.41, 5.74) is 0.785. The molecule has 0 aliphatic rings. The lowest BCUT2D eigenvalue weighted by Crippen LogP contribution is -2.41. The molecular formula is C20H35N5O. The molecule has 1 amide bonds. The van der Waals surface area contributed by atoms with Gasteiger partial charge in [-0.25, -0.2) is 4.99 Å². The van der Waals surface area contributed by atoms with E-state index in [2.05, 4.69) is 53.5 Å². The van der Waals surface area contributed by atoms with E-state index in [4.69, 9.17) is 0 Å². The van der Waals surface area contributed by atoms with E-state index in [9.17, 15) is 4.79 Å². The smallest absolute Gasteiger partial charge is 0.246 e. The number of hydrogen-bond acceptors (Lipinski definition) is 3. The predicted molar refractivity (Wildman–Crippen MR) is 111 cm³/mol. The number of nitrogens with zero attached hydrogens (tertiary/aromatic N) is 2. The van der Waals surface area contributed by atoms with Gasteiger partial charge in [0.15, 0.2) is 5.96 Å². The van der Waals surface area contributed by atoms with Gasteiger partial charge in [0.2, 0.25) is 5.91 Å². The Morgan fingerprint density at radius 2 is 1.73 bits per heavy atom. The van der Waals surface area contributed by atoms with E-state index >= 15 is 0 Å². The predicted octanol–water partition coefficient (Wildman–Crippen LogP) is 2.69. The summed E-state index contributed by atoms with van der Waals surface area (Å²) >= 11 is 0. The molecule has 3 N–H and O–H groups in total. The first kappa shape index (κ1) is 22.0. The largest absolute Gasteiger partial charge is 0.357 e. The number of nitrogens with one attached hydrogen (secondary N) is 3. The van der Waals surface area contributed by atoms with Crippen LogP contribution >= 0.6 is 0 Å². The van der Waals surface area contributed by atoms with E-state index in [0.717, 1.165) is 31.7 Å². The van der Waals surface area contributed by atoms with Crippen molar-refractivity contribution in [2.24, 2.45) is 4.99 Å². The molecule has 0 saturated heterocycles. The highest BCUT2D eigenvalue weighted by Crippen LogP contribution is 2.05. The first-order chi connectivity index (χ1) is 12.4. The second-order valence-corrected chi connectivity index (χ2v) is 6.82. The van der Waals surface area contributed by atoms with Gasteiger partial charge < -0.3 is 16.0 Å². The van der Waals surface area contributed by atoms with Gasteiger partial charge in [-0.1, -0.05) is 18.2 Å². The number of carbonyl (C=O) groups is 1. The fourth-order valence-electron chi connectivity index (χ4n) is 2.80. The Kier molecular flexibility index (Phi) is 10.4. The van der Waals surface area contributed by atoms with Crippen LogP contribution in [0.2, 0.25) is 0 Å². The molecule has 0 aliphatic carbocycles. The first-order valence-corrected chi connectivity index (χ1v) is 9.56. The summed E-state index contributed by atoms with van der Waals surface area (Å²) < 4.78 is 0. The molecule has 6 heteroatoms. The molecule has 0 spiro atoms. The molecule has 26 heavy (non-hydrogen) atoms. The van der Waals surface area contributed by atoms with Gasteiger partial charge in [0, 0.05) is 37.4 Å². The quantitative estimate of drug-likeness (QED) is 0.340. The van der Waals surface area contributed by atoms with Crippen molar-refractivity contribution in [1.29, 1.82) is 0 Å². The summed E-state index contributed by atoms with van der Waals surface area (Å²) in [6.07, 6.45) is 1.02.